The number of carbonyl (C=O) groups excluding carboxylic acids is 1. The van der Waals surface area contributed by atoms with E-state index in [1.165, 1.54) is 36.4 Å². The number of hydrogen-bond donors (Lipinski definition) is 1. The zero-order chi connectivity index (χ0) is 17.2. The molecule has 0 atom stereocenters. The van der Waals surface area contributed by atoms with Crippen LogP contribution in [0.1, 0.15) is 10.4 Å². The van der Waals surface area contributed by atoms with Gasteiger partial charge in [0, 0.05) is 23.0 Å². The molecular weight excluding hydrogens is 344 g/mol. The number of nitro groups is 1. The lowest BCUT2D eigenvalue weighted by Crippen LogP contribution is -2.14. The zero-order valence-electron chi connectivity index (χ0n) is 11.8. The van der Waals surface area contributed by atoms with Gasteiger partial charge in [-0.25, -0.2) is 8.42 Å². The van der Waals surface area contributed by atoms with Crippen molar-refractivity contribution >= 4 is 38.7 Å². The fraction of sp³-hybridized carbons (Fsp3) is 0.0714. The standard InChI is InChI=1S/C14H11ClN2O5S/c1-23(21,22)11-4-2-3-10(8-11)16-14(18)12-6-5-9(15)7-13(12)17(19)20/h2-8H,1H3,(H,16,18). The van der Waals surface area contributed by atoms with Crippen LogP contribution >= 0.6 is 11.6 Å². The van der Waals surface area contributed by atoms with Crippen LogP contribution in [0.15, 0.2) is 47.4 Å². The Morgan fingerprint density at radius 2 is 1.91 bits per heavy atom. The minimum Gasteiger partial charge on any atom is -0.322 e. The summed E-state index contributed by atoms with van der Waals surface area (Å²) in [6, 6.07) is 9.26. The second-order valence-electron chi connectivity index (χ2n) is 4.67. The first-order chi connectivity index (χ1) is 10.7. The number of amides is 1. The van der Waals surface area contributed by atoms with Crippen molar-refractivity contribution in [3.05, 3.63) is 63.2 Å². The van der Waals surface area contributed by atoms with Crippen molar-refractivity contribution in [2.24, 2.45) is 0 Å². The van der Waals surface area contributed by atoms with Crippen LogP contribution in [0.2, 0.25) is 5.02 Å². The van der Waals surface area contributed by atoms with E-state index >= 15 is 0 Å². The maximum atomic E-state index is 12.2. The molecule has 1 amide bonds. The summed E-state index contributed by atoms with van der Waals surface area (Å²) in [6.07, 6.45) is 1.04. The number of nitro benzene ring substituents is 1. The lowest BCUT2D eigenvalue weighted by atomic mass is 10.1. The van der Waals surface area contributed by atoms with Gasteiger partial charge >= 0.3 is 0 Å². The van der Waals surface area contributed by atoms with Crippen molar-refractivity contribution in [1.82, 2.24) is 0 Å². The highest BCUT2D eigenvalue weighted by molar-refractivity contribution is 7.90. The van der Waals surface area contributed by atoms with Gasteiger partial charge < -0.3 is 5.32 Å². The predicted molar refractivity (Wildman–Crippen MR) is 85.6 cm³/mol. The van der Waals surface area contributed by atoms with Crippen LogP contribution in [0, 0.1) is 10.1 Å². The first-order valence-electron chi connectivity index (χ1n) is 6.24. The SMILES string of the molecule is CS(=O)(=O)c1cccc(NC(=O)c2ccc(Cl)cc2[N+](=O)[O-])c1. The molecule has 0 unspecified atom stereocenters. The van der Waals surface area contributed by atoms with Crippen LogP contribution in [0.5, 0.6) is 0 Å². The van der Waals surface area contributed by atoms with E-state index in [0.717, 1.165) is 12.3 Å². The minimum absolute atomic E-state index is 0.0286. The van der Waals surface area contributed by atoms with Gasteiger partial charge in [0.15, 0.2) is 9.84 Å². The van der Waals surface area contributed by atoms with Crippen LogP contribution in [-0.2, 0) is 9.84 Å². The molecular formula is C14H11ClN2O5S. The Kier molecular flexibility index (Phi) is 4.67. The van der Waals surface area contributed by atoms with Gasteiger partial charge in [-0.3, -0.25) is 14.9 Å². The highest BCUT2D eigenvalue weighted by atomic mass is 35.5. The fourth-order valence-corrected chi connectivity index (χ4v) is 2.68. The lowest BCUT2D eigenvalue weighted by Gasteiger charge is -2.07. The number of anilines is 1. The molecule has 0 radical (unpaired) electrons. The molecule has 1 N–H and O–H groups in total. The molecule has 0 aliphatic heterocycles. The van der Waals surface area contributed by atoms with E-state index in [-0.39, 0.29) is 21.2 Å². The molecule has 23 heavy (non-hydrogen) atoms. The highest BCUT2D eigenvalue weighted by Gasteiger charge is 2.21. The summed E-state index contributed by atoms with van der Waals surface area (Å²) >= 11 is 5.69. The van der Waals surface area contributed by atoms with E-state index in [0.29, 0.717) is 0 Å². The molecule has 0 bridgehead atoms. The number of halogens is 1. The van der Waals surface area contributed by atoms with Crippen molar-refractivity contribution in [3.8, 4) is 0 Å². The lowest BCUT2D eigenvalue weighted by molar-refractivity contribution is -0.385. The van der Waals surface area contributed by atoms with Crippen LogP contribution < -0.4 is 5.32 Å². The molecule has 2 rings (SSSR count). The van der Waals surface area contributed by atoms with E-state index in [1.54, 1.807) is 0 Å². The average Bonchev–Trinajstić information content (AvgIpc) is 2.46. The summed E-state index contributed by atoms with van der Waals surface area (Å²) in [5.74, 6) is -0.737. The van der Waals surface area contributed by atoms with Crippen molar-refractivity contribution in [2.45, 2.75) is 4.90 Å². The second-order valence-corrected chi connectivity index (χ2v) is 7.12. The monoisotopic (exact) mass is 354 g/mol. The zero-order valence-corrected chi connectivity index (χ0v) is 13.4. The highest BCUT2D eigenvalue weighted by Crippen LogP contribution is 2.24. The van der Waals surface area contributed by atoms with Crippen molar-refractivity contribution in [1.29, 1.82) is 0 Å². The van der Waals surface area contributed by atoms with Crippen LogP contribution in [0.25, 0.3) is 0 Å². The molecule has 0 aromatic heterocycles. The van der Waals surface area contributed by atoms with Crippen molar-refractivity contribution in [2.75, 3.05) is 11.6 Å². The van der Waals surface area contributed by atoms with Gasteiger partial charge in [-0.2, -0.15) is 0 Å². The first-order valence-corrected chi connectivity index (χ1v) is 8.51. The Labute approximate surface area is 137 Å². The van der Waals surface area contributed by atoms with Crippen LogP contribution in [0.4, 0.5) is 11.4 Å². The number of nitrogens with one attached hydrogen (secondary N) is 1. The van der Waals surface area contributed by atoms with Gasteiger partial charge in [0.2, 0.25) is 0 Å². The van der Waals surface area contributed by atoms with Crippen molar-refractivity contribution < 1.29 is 18.1 Å². The number of carbonyl (C=O) groups is 1. The number of nitrogens with zero attached hydrogens (tertiary/aromatic N) is 1. The Bertz CT molecular complexity index is 896. The van der Waals surface area contributed by atoms with Crippen LogP contribution in [0.3, 0.4) is 0 Å². The molecule has 0 spiro atoms. The topological polar surface area (TPSA) is 106 Å². The van der Waals surface area contributed by atoms with E-state index < -0.39 is 26.4 Å². The summed E-state index contributed by atoms with van der Waals surface area (Å²) in [6.45, 7) is 0. The quantitative estimate of drug-likeness (QED) is 0.671. The number of rotatable bonds is 4. The van der Waals surface area contributed by atoms with Gasteiger partial charge in [-0.15, -0.1) is 0 Å². The van der Waals surface area contributed by atoms with E-state index in [1.807, 2.05) is 0 Å². The summed E-state index contributed by atoms with van der Waals surface area (Å²) in [5.41, 5.74) is -0.402. The van der Waals surface area contributed by atoms with Gasteiger partial charge in [-0.05, 0) is 30.3 Å². The molecule has 7 nitrogen and oxygen atoms in total. The van der Waals surface area contributed by atoms with E-state index in [9.17, 15) is 23.3 Å². The van der Waals surface area contributed by atoms with Crippen LogP contribution in [-0.4, -0.2) is 25.5 Å². The first kappa shape index (κ1) is 16.9. The van der Waals surface area contributed by atoms with Gasteiger partial charge in [0.25, 0.3) is 11.6 Å². The number of benzene rings is 2. The third kappa shape index (κ3) is 4.05. The average molecular weight is 355 g/mol. The third-order valence-corrected chi connectivity index (χ3v) is 4.27. The second kappa shape index (κ2) is 6.35. The maximum Gasteiger partial charge on any atom is 0.283 e. The minimum atomic E-state index is -3.43. The summed E-state index contributed by atoms with van der Waals surface area (Å²) in [4.78, 5) is 22.5. The van der Waals surface area contributed by atoms with Gasteiger partial charge in [0.1, 0.15) is 5.56 Å². The molecule has 0 saturated heterocycles. The van der Waals surface area contributed by atoms with Crippen molar-refractivity contribution in [3.63, 3.8) is 0 Å². The molecule has 120 valence electrons. The number of hydrogen-bond acceptors (Lipinski definition) is 5. The predicted octanol–water partition coefficient (Wildman–Crippen LogP) is 2.90. The van der Waals surface area contributed by atoms with Gasteiger partial charge in [-0.1, -0.05) is 17.7 Å². The van der Waals surface area contributed by atoms with E-state index in [4.69, 9.17) is 11.6 Å². The Morgan fingerprint density at radius 1 is 1.22 bits per heavy atom. The van der Waals surface area contributed by atoms with Gasteiger partial charge in [0.05, 0.1) is 9.82 Å². The fourth-order valence-electron chi connectivity index (χ4n) is 1.85. The Morgan fingerprint density at radius 3 is 2.52 bits per heavy atom. The maximum absolute atomic E-state index is 12.2. The molecule has 2 aromatic carbocycles. The molecule has 0 heterocycles. The number of sulfone groups is 1. The Balaban J connectivity index is 2.35. The molecule has 9 heteroatoms. The molecule has 0 saturated carbocycles. The summed E-state index contributed by atoms with van der Waals surface area (Å²) < 4.78 is 23.0. The summed E-state index contributed by atoms with van der Waals surface area (Å²) in [5, 5.41) is 13.6. The van der Waals surface area contributed by atoms with E-state index in [2.05, 4.69) is 5.32 Å². The molecule has 0 aliphatic rings. The molecule has 0 fully saturated rings. The Hall–Kier alpha value is -2.45. The summed E-state index contributed by atoms with van der Waals surface area (Å²) in [7, 11) is -3.43. The normalized spacial score (nSPS) is 11.0. The third-order valence-electron chi connectivity index (χ3n) is 2.92. The molecule has 0 aliphatic carbocycles. The molecule has 2 aromatic rings. The largest absolute Gasteiger partial charge is 0.322 e. The smallest absolute Gasteiger partial charge is 0.283 e.